The van der Waals surface area contributed by atoms with Gasteiger partial charge in [-0.3, -0.25) is 9.69 Å². The topological polar surface area (TPSA) is 32.8 Å². The van der Waals surface area contributed by atoms with E-state index in [9.17, 15) is 4.79 Å². The Labute approximate surface area is 118 Å². The first-order chi connectivity index (χ1) is 8.70. The number of alkyl halides is 1. The Kier molecular flexibility index (Phi) is 5.45. The van der Waals surface area contributed by atoms with E-state index >= 15 is 0 Å². The minimum atomic E-state index is -0.0118. The molecule has 2 saturated heterocycles. The lowest BCUT2D eigenvalue weighted by Gasteiger charge is -2.36. The Hall–Kier alpha value is -0.130. The number of carbonyl (C=O) groups excluding carboxylic acids is 1. The van der Waals surface area contributed by atoms with Crippen LogP contribution in [0.1, 0.15) is 26.2 Å². The van der Waals surface area contributed by atoms with Crippen LogP contribution in [-0.2, 0) is 9.53 Å². The maximum atomic E-state index is 12.0. The minimum Gasteiger partial charge on any atom is -0.377 e. The summed E-state index contributed by atoms with van der Waals surface area (Å²) >= 11 is 3.44. The van der Waals surface area contributed by atoms with Gasteiger partial charge in [0.2, 0.25) is 5.91 Å². The monoisotopic (exact) mass is 318 g/mol. The van der Waals surface area contributed by atoms with Crippen molar-refractivity contribution in [2.75, 3.05) is 39.3 Å². The highest BCUT2D eigenvalue weighted by Crippen LogP contribution is 2.16. The second-order valence-electron chi connectivity index (χ2n) is 5.14. The van der Waals surface area contributed by atoms with E-state index in [1.807, 2.05) is 11.8 Å². The van der Waals surface area contributed by atoms with Crippen molar-refractivity contribution < 1.29 is 9.53 Å². The number of hydrogen-bond acceptors (Lipinski definition) is 3. The zero-order valence-corrected chi connectivity index (χ0v) is 12.7. The fourth-order valence-corrected chi connectivity index (χ4v) is 2.89. The summed E-state index contributed by atoms with van der Waals surface area (Å²) in [7, 11) is 0. The fourth-order valence-electron chi connectivity index (χ4n) is 2.60. The molecule has 0 spiro atoms. The first kappa shape index (κ1) is 14.3. The van der Waals surface area contributed by atoms with Crippen molar-refractivity contribution in [3.8, 4) is 0 Å². The number of piperazine rings is 1. The van der Waals surface area contributed by atoms with Crippen molar-refractivity contribution in [1.82, 2.24) is 9.80 Å². The molecule has 0 saturated carbocycles. The van der Waals surface area contributed by atoms with Crippen molar-refractivity contribution in [1.29, 1.82) is 0 Å². The van der Waals surface area contributed by atoms with Crippen LogP contribution in [0.4, 0.5) is 0 Å². The first-order valence-corrected chi connectivity index (χ1v) is 7.89. The number of hydrogen-bond donors (Lipinski definition) is 0. The molecule has 2 aliphatic rings. The maximum Gasteiger partial charge on any atom is 0.236 e. The van der Waals surface area contributed by atoms with E-state index in [1.54, 1.807) is 0 Å². The number of rotatable bonds is 4. The van der Waals surface area contributed by atoms with Crippen molar-refractivity contribution in [3.63, 3.8) is 0 Å². The van der Waals surface area contributed by atoms with Crippen LogP contribution in [0.5, 0.6) is 0 Å². The van der Waals surface area contributed by atoms with Gasteiger partial charge in [0, 0.05) is 39.3 Å². The molecular weight excluding hydrogens is 296 g/mol. The number of nitrogens with zero attached hydrogens (tertiary/aromatic N) is 2. The Balaban J connectivity index is 1.72. The van der Waals surface area contributed by atoms with Crippen LogP contribution in [0.15, 0.2) is 0 Å². The van der Waals surface area contributed by atoms with Gasteiger partial charge in [-0.05, 0) is 19.3 Å². The normalized spacial score (nSPS) is 27.4. The summed E-state index contributed by atoms with van der Waals surface area (Å²) in [6, 6.07) is 0. The van der Waals surface area contributed by atoms with Crippen molar-refractivity contribution >= 4 is 21.8 Å². The highest BCUT2D eigenvalue weighted by Gasteiger charge is 2.26. The largest absolute Gasteiger partial charge is 0.377 e. The second-order valence-corrected chi connectivity index (χ2v) is 6.24. The van der Waals surface area contributed by atoms with E-state index in [2.05, 4.69) is 20.8 Å². The van der Waals surface area contributed by atoms with Gasteiger partial charge >= 0.3 is 0 Å². The van der Waals surface area contributed by atoms with Gasteiger partial charge in [-0.1, -0.05) is 22.9 Å². The molecule has 2 rings (SSSR count). The summed E-state index contributed by atoms with van der Waals surface area (Å²) < 4.78 is 5.66. The summed E-state index contributed by atoms with van der Waals surface area (Å²) in [6.45, 7) is 7.66. The van der Waals surface area contributed by atoms with Crippen LogP contribution in [0.3, 0.4) is 0 Å². The molecule has 0 radical (unpaired) electrons. The Bertz CT molecular complexity index is 274. The van der Waals surface area contributed by atoms with Crippen molar-refractivity contribution in [2.45, 2.75) is 37.1 Å². The lowest BCUT2D eigenvalue weighted by atomic mass is 10.2. The summed E-state index contributed by atoms with van der Waals surface area (Å²) in [5, 5.41) is 0. The molecule has 0 aliphatic carbocycles. The van der Waals surface area contributed by atoms with E-state index in [0.717, 1.165) is 45.8 Å². The van der Waals surface area contributed by atoms with Crippen LogP contribution in [0.2, 0.25) is 0 Å². The molecular formula is C13H23BrN2O2. The van der Waals surface area contributed by atoms with E-state index in [-0.39, 0.29) is 10.7 Å². The lowest BCUT2D eigenvalue weighted by molar-refractivity contribution is -0.132. The van der Waals surface area contributed by atoms with Gasteiger partial charge in [0.05, 0.1) is 10.9 Å². The zero-order valence-electron chi connectivity index (χ0n) is 11.1. The number of carbonyl (C=O) groups is 1. The van der Waals surface area contributed by atoms with Crippen molar-refractivity contribution in [3.05, 3.63) is 0 Å². The van der Waals surface area contributed by atoms with Crippen LogP contribution in [-0.4, -0.2) is 66.0 Å². The van der Waals surface area contributed by atoms with Gasteiger partial charge in [0.1, 0.15) is 0 Å². The van der Waals surface area contributed by atoms with Crippen LogP contribution in [0, 0.1) is 0 Å². The minimum absolute atomic E-state index is 0.0118. The van der Waals surface area contributed by atoms with Crippen LogP contribution >= 0.6 is 15.9 Å². The summed E-state index contributed by atoms with van der Waals surface area (Å²) in [6.07, 6.45) is 3.67. The molecule has 2 unspecified atom stereocenters. The lowest BCUT2D eigenvalue weighted by Crippen LogP contribution is -2.51. The van der Waals surface area contributed by atoms with Gasteiger partial charge in [0.15, 0.2) is 0 Å². The van der Waals surface area contributed by atoms with Gasteiger partial charge < -0.3 is 9.64 Å². The average Bonchev–Trinajstić information content (AvgIpc) is 2.91. The average molecular weight is 319 g/mol. The second kappa shape index (κ2) is 6.87. The zero-order chi connectivity index (χ0) is 13.0. The number of ether oxygens (including phenoxy) is 1. The molecule has 104 valence electrons. The molecule has 0 N–H and O–H groups in total. The predicted octanol–water partition coefficient (Wildman–Crippen LogP) is 1.48. The summed E-state index contributed by atoms with van der Waals surface area (Å²) in [5.41, 5.74) is 0. The van der Waals surface area contributed by atoms with Crippen LogP contribution < -0.4 is 0 Å². The van der Waals surface area contributed by atoms with Gasteiger partial charge in [-0.15, -0.1) is 0 Å². The first-order valence-electron chi connectivity index (χ1n) is 6.97. The van der Waals surface area contributed by atoms with Crippen molar-refractivity contribution in [2.24, 2.45) is 0 Å². The highest BCUT2D eigenvalue weighted by atomic mass is 79.9. The molecule has 0 aromatic heterocycles. The number of amides is 1. The molecule has 2 aliphatic heterocycles. The van der Waals surface area contributed by atoms with Gasteiger partial charge in [-0.25, -0.2) is 0 Å². The smallest absolute Gasteiger partial charge is 0.236 e. The molecule has 18 heavy (non-hydrogen) atoms. The maximum absolute atomic E-state index is 12.0. The SMILES string of the molecule is CCC(Br)C(=O)N1CCN(CC2CCCO2)CC1. The molecule has 4 nitrogen and oxygen atoms in total. The summed E-state index contributed by atoms with van der Waals surface area (Å²) in [5.74, 6) is 0.245. The quantitative estimate of drug-likeness (QED) is 0.736. The standard InChI is InChI=1S/C13H23BrN2O2/c1-2-12(14)13(17)16-7-5-15(6-8-16)10-11-4-3-9-18-11/h11-12H,2-10H2,1H3. The Morgan fingerprint density at radius 1 is 1.39 bits per heavy atom. The van der Waals surface area contributed by atoms with Crippen LogP contribution in [0.25, 0.3) is 0 Å². The summed E-state index contributed by atoms with van der Waals surface area (Å²) in [4.78, 5) is 16.4. The third-order valence-corrected chi connectivity index (χ3v) is 4.84. The third kappa shape index (κ3) is 3.68. The van der Waals surface area contributed by atoms with E-state index in [4.69, 9.17) is 4.74 Å². The molecule has 2 fully saturated rings. The molecule has 2 heterocycles. The Morgan fingerprint density at radius 3 is 2.67 bits per heavy atom. The van der Waals surface area contributed by atoms with Gasteiger partial charge in [-0.2, -0.15) is 0 Å². The van der Waals surface area contributed by atoms with E-state index in [0.29, 0.717) is 6.10 Å². The Morgan fingerprint density at radius 2 is 2.11 bits per heavy atom. The highest BCUT2D eigenvalue weighted by molar-refractivity contribution is 9.10. The fraction of sp³-hybridized carbons (Fsp3) is 0.923. The molecule has 5 heteroatoms. The predicted molar refractivity (Wildman–Crippen MR) is 75.0 cm³/mol. The molecule has 2 atom stereocenters. The van der Waals surface area contributed by atoms with Gasteiger partial charge in [0.25, 0.3) is 0 Å². The third-order valence-electron chi connectivity index (χ3n) is 3.80. The van der Waals surface area contributed by atoms with E-state index in [1.165, 1.54) is 12.8 Å². The van der Waals surface area contributed by atoms with E-state index < -0.39 is 0 Å². The molecule has 0 aromatic carbocycles. The molecule has 0 bridgehead atoms. The number of halogens is 1. The molecule has 0 aromatic rings. The molecule has 1 amide bonds.